The van der Waals surface area contributed by atoms with E-state index in [4.69, 9.17) is 5.14 Å². The summed E-state index contributed by atoms with van der Waals surface area (Å²) in [5.74, 6) is 1.29. The van der Waals surface area contributed by atoms with Crippen LogP contribution in [-0.4, -0.2) is 30.7 Å². The second-order valence-electron chi connectivity index (χ2n) is 4.22. The van der Waals surface area contributed by atoms with E-state index in [1.54, 1.807) is 12.1 Å². The first-order valence-electron chi connectivity index (χ1n) is 6.05. The van der Waals surface area contributed by atoms with Crippen molar-refractivity contribution in [2.24, 2.45) is 5.14 Å². The Kier molecular flexibility index (Phi) is 6.12. The third kappa shape index (κ3) is 5.40. The van der Waals surface area contributed by atoms with Crippen molar-refractivity contribution in [2.75, 3.05) is 18.1 Å². The van der Waals surface area contributed by atoms with Crippen molar-refractivity contribution in [1.29, 1.82) is 0 Å². The van der Waals surface area contributed by atoms with Crippen molar-refractivity contribution in [1.82, 2.24) is 5.32 Å². The number of primary sulfonamides is 1. The third-order valence-electron chi connectivity index (χ3n) is 2.81. The lowest BCUT2D eigenvalue weighted by molar-refractivity contribution is 0.592. The lowest BCUT2D eigenvalue weighted by Gasteiger charge is -2.14. The van der Waals surface area contributed by atoms with E-state index < -0.39 is 20.8 Å². The van der Waals surface area contributed by atoms with Crippen molar-refractivity contribution >= 4 is 20.8 Å². The molecule has 19 heavy (non-hydrogen) atoms. The highest BCUT2D eigenvalue weighted by atomic mass is 32.2. The van der Waals surface area contributed by atoms with Crippen LogP contribution in [0.1, 0.15) is 25.5 Å². The van der Waals surface area contributed by atoms with Crippen molar-refractivity contribution in [3.05, 3.63) is 29.8 Å². The summed E-state index contributed by atoms with van der Waals surface area (Å²) in [6.45, 7) is 4.53. The summed E-state index contributed by atoms with van der Waals surface area (Å²) < 4.78 is 33.5. The van der Waals surface area contributed by atoms with Gasteiger partial charge in [0.1, 0.15) is 0 Å². The molecule has 0 aromatic heterocycles. The molecule has 0 bridgehead atoms. The van der Waals surface area contributed by atoms with Crippen LogP contribution in [-0.2, 0) is 20.8 Å². The largest absolute Gasteiger partial charge is 0.309 e. The van der Waals surface area contributed by atoms with E-state index in [1.807, 2.05) is 13.8 Å². The molecule has 0 radical (unpaired) electrons. The van der Waals surface area contributed by atoms with E-state index in [-0.39, 0.29) is 10.9 Å². The number of nitrogens with one attached hydrogen (secondary N) is 1. The molecule has 0 amide bonds. The zero-order chi connectivity index (χ0) is 14.5. The highest BCUT2D eigenvalue weighted by molar-refractivity contribution is 7.89. The van der Waals surface area contributed by atoms with Gasteiger partial charge in [-0.25, -0.2) is 13.6 Å². The number of hydrogen-bond acceptors (Lipinski definition) is 4. The summed E-state index contributed by atoms with van der Waals surface area (Å²) in [5, 5.41) is 8.28. The molecule has 1 rings (SSSR count). The number of sulfonamides is 1. The molecule has 2 atom stereocenters. The molecule has 0 fully saturated rings. The van der Waals surface area contributed by atoms with Gasteiger partial charge in [0.2, 0.25) is 10.0 Å². The summed E-state index contributed by atoms with van der Waals surface area (Å²) in [4.78, 5) is 0.107. The molecule has 5 nitrogen and oxygen atoms in total. The van der Waals surface area contributed by atoms with E-state index in [0.29, 0.717) is 18.1 Å². The second kappa shape index (κ2) is 7.14. The topological polar surface area (TPSA) is 89.3 Å². The number of benzene rings is 1. The maximum atomic E-state index is 11.3. The zero-order valence-electron chi connectivity index (χ0n) is 11.1. The maximum absolute atomic E-state index is 11.3. The quantitative estimate of drug-likeness (QED) is 0.778. The Morgan fingerprint density at radius 2 is 1.89 bits per heavy atom. The van der Waals surface area contributed by atoms with Crippen molar-refractivity contribution in [2.45, 2.75) is 24.8 Å². The van der Waals surface area contributed by atoms with Gasteiger partial charge >= 0.3 is 0 Å². The Labute approximate surface area is 117 Å². The lowest BCUT2D eigenvalue weighted by atomic mass is 10.1. The van der Waals surface area contributed by atoms with Gasteiger partial charge in [-0.05, 0) is 24.6 Å². The van der Waals surface area contributed by atoms with E-state index in [2.05, 4.69) is 5.32 Å². The number of nitrogens with two attached hydrogens (primary N) is 1. The van der Waals surface area contributed by atoms with Gasteiger partial charge in [0.15, 0.2) is 0 Å². The molecule has 1 aromatic carbocycles. The molecule has 0 aliphatic carbocycles. The first kappa shape index (κ1) is 16.3. The monoisotopic (exact) mass is 304 g/mol. The molecule has 7 heteroatoms. The Bertz CT molecular complexity index is 526. The first-order valence-corrected chi connectivity index (χ1v) is 9.09. The van der Waals surface area contributed by atoms with Gasteiger partial charge in [-0.2, -0.15) is 0 Å². The minimum Gasteiger partial charge on any atom is -0.309 e. The Morgan fingerprint density at radius 3 is 2.37 bits per heavy atom. The van der Waals surface area contributed by atoms with Crippen molar-refractivity contribution in [3.63, 3.8) is 0 Å². The first-order chi connectivity index (χ1) is 8.84. The lowest BCUT2D eigenvalue weighted by Crippen LogP contribution is -2.24. The van der Waals surface area contributed by atoms with Crippen LogP contribution in [0.15, 0.2) is 29.2 Å². The Morgan fingerprint density at radius 1 is 1.32 bits per heavy atom. The standard InChI is InChI=1S/C12H20N2O3S2/c1-3-18(15)9-8-14-10(2)11-4-6-12(7-5-11)19(13,16)17/h4-7,10,14H,3,8-9H2,1-2H3,(H2,13,16,17). The molecule has 1 aromatic rings. The van der Waals surface area contributed by atoms with Gasteiger partial charge in [-0.1, -0.05) is 19.1 Å². The molecular weight excluding hydrogens is 284 g/mol. The fourth-order valence-electron chi connectivity index (χ4n) is 1.60. The van der Waals surface area contributed by atoms with E-state index in [1.165, 1.54) is 12.1 Å². The molecular formula is C12H20N2O3S2. The SMILES string of the molecule is CCS(=O)CCNC(C)c1ccc(S(N)(=O)=O)cc1. The zero-order valence-corrected chi connectivity index (χ0v) is 12.8. The smallest absolute Gasteiger partial charge is 0.238 e. The molecule has 108 valence electrons. The van der Waals surface area contributed by atoms with Crippen LogP contribution in [0.4, 0.5) is 0 Å². The highest BCUT2D eigenvalue weighted by Gasteiger charge is 2.09. The summed E-state index contributed by atoms with van der Waals surface area (Å²) in [7, 11) is -4.41. The fourth-order valence-corrected chi connectivity index (χ4v) is 2.75. The van der Waals surface area contributed by atoms with E-state index in [9.17, 15) is 12.6 Å². The van der Waals surface area contributed by atoms with Crippen LogP contribution in [0.3, 0.4) is 0 Å². The van der Waals surface area contributed by atoms with Gasteiger partial charge in [0.25, 0.3) is 0 Å². The summed E-state index contributed by atoms with van der Waals surface area (Å²) in [6, 6.07) is 6.52. The predicted octanol–water partition coefficient (Wildman–Crippen LogP) is 0.753. The molecule has 0 aliphatic rings. The molecule has 0 saturated carbocycles. The van der Waals surface area contributed by atoms with Crippen molar-refractivity contribution < 1.29 is 12.6 Å². The van der Waals surface area contributed by atoms with Crippen molar-refractivity contribution in [3.8, 4) is 0 Å². The average Bonchev–Trinajstić information content (AvgIpc) is 2.37. The molecule has 3 N–H and O–H groups in total. The van der Waals surface area contributed by atoms with Gasteiger partial charge in [-0.15, -0.1) is 0 Å². The van der Waals surface area contributed by atoms with Crippen LogP contribution < -0.4 is 10.5 Å². The Balaban J connectivity index is 2.58. The normalized spacial score (nSPS) is 15.1. The average molecular weight is 304 g/mol. The predicted molar refractivity (Wildman–Crippen MR) is 77.8 cm³/mol. The van der Waals surface area contributed by atoms with Gasteiger partial charge < -0.3 is 5.32 Å². The summed E-state index contributed by atoms with van der Waals surface area (Å²) >= 11 is 0. The molecule has 0 heterocycles. The maximum Gasteiger partial charge on any atom is 0.238 e. The highest BCUT2D eigenvalue weighted by Crippen LogP contribution is 2.15. The number of rotatable bonds is 7. The second-order valence-corrected chi connectivity index (χ2v) is 7.65. The molecule has 0 spiro atoms. The van der Waals surface area contributed by atoms with E-state index >= 15 is 0 Å². The van der Waals surface area contributed by atoms with Crippen LogP contribution in [0.25, 0.3) is 0 Å². The fraction of sp³-hybridized carbons (Fsp3) is 0.500. The molecule has 2 unspecified atom stereocenters. The minimum absolute atomic E-state index is 0.0726. The summed E-state index contributed by atoms with van der Waals surface area (Å²) in [6.07, 6.45) is 0. The van der Waals surface area contributed by atoms with Crippen LogP contribution in [0, 0.1) is 0 Å². The van der Waals surface area contributed by atoms with Gasteiger partial charge in [0, 0.05) is 34.9 Å². The van der Waals surface area contributed by atoms with Crippen LogP contribution in [0.5, 0.6) is 0 Å². The summed E-state index contributed by atoms with van der Waals surface area (Å²) in [5.41, 5.74) is 0.967. The molecule has 0 saturated heterocycles. The van der Waals surface area contributed by atoms with Crippen LogP contribution >= 0.6 is 0 Å². The third-order valence-corrected chi connectivity index (χ3v) is 5.04. The Hall–Kier alpha value is -0.760. The van der Waals surface area contributed by atoms with Gasteiger partial charge in [-0.3, -0.25) is 4.21 Å². The van der Waals surface area contributed by atoms with E-state index in [0.717, 1.165) is 5.56 Å². The minimum atomic E-state index is -3.64. The number of hydrogen-bond donors (Lipinski definition) is 2. The van der Waals surface area contributed by atoms with Gasteiger partial charge in [0.05, 0.1) is 4.90 Å². The molecule has 0 aliphatic heterocycles. The van der Waals surface area contributed by atoms with Crippen LogP contribution in [0.2, 0.25) is 0 Å².